The molecule has 5 heteroatoms. The predicted octanol–water partition coefficient (Wildman–Crippen LogP) is 4.88. The van der Waals surface area contributed by atoms with E-state index in [2.05, 4.69) is 9.97 Å². The van der Waals surface area contributed by atoms with Gasteiger partial charge < -0.3 is 0 Å². The van der Waals surface area contributed by atoms with Crippen molar-refractivity contribution in [2.75, 3.05) is 0 Å². The molecule has 0 spiro atoms. The standard InChI is InChI=1S/C17H18Cl2N2O/c1-9-5-7-13(20-16(9)18)11(3)15(22)12(4)14-8-6-10(2)17(19)21-14/h5-8,11-12H,1-4H3. The monoisotopic (exact) mass is 336 g/mol. The normalized spacial score (nSPS) is 13.7. The highest BCUT2D eigenvalue weighted by molar-refractivity contribution is 6.30. The molecule has 0 radical (unpaired) electrons. The van der Waals surface area contributed by atoms with Crippen molar-refractivity contribution in [2.24, 2.45) is 0 Å². The van der Waals surface area contributed by atoms with Crippen molar-refractivity contribution in [1.29, 1.82) is 0 Å². The summed E-state index contributed by atoms with van der Waals surface area (Å²) in [6.45, 7) is 7.43. The number of rotatable bonds is 4. The van der Waals surface area contributed by atoms with E-state index < -0.39 is 0 Å². The Labute approximate surface area is 140 Å². The van der Waals surface area contributed by atoms with Gasteiger partial charge in [0, 0.05) is 0 Å². The molecule has 0 bridgehead atoms. The Hall–Kier alpha value is -1.45. The van der Waals surface area contributed by atoms with Gasteiger partial charge in [-0.25, -0.2) is 9.97 Å². The molecule has 0 saturated carbocycles. The molecule has 116 valence electrons. The van der Waals surface area contributed by atoms with Gasteiger partial charge in [-0.05, 0) is 51.0 Å². The van der Waals surface area contributed by atoms with Crippen LogP contribution in [0, 0.1) is 13.8 Å². The molecule has 0 N–H and O–H groups in total. The Kier molecular flexibility index (Phi) is 5.20. The first kappa shape index (κ1) is 16.9. The zero-order valence-corrected chi connectivity index (χ0v) is 14.5. The van der Waals surface area contributed by atoms with Gasteiger partial charge in [-0.15, -0.1) is 0 Å². The minimum absolute atomic E-state index is 0.0415. The molecular formula is C17H18Cl2N2O. The van der Waals surface area contributed by atoms with Crippen molar-refractivity contribution in [2.45, 2.75) is 39.5 Å². The lowest BCUT2D eigenvalue weighted by atomic mass is 9.90. The molecule has 0 aliphatic carbocycles. The van der Waals surface area contributed by atoms with Crippen molar-refractivity contribution < 1.29 is 4.79 Å². The molecule has 0 aliphatic rings. The first-order valence-corrected chi connectivity index (χ1v) is 7.86. The van der Waals surface area contributed by atoms with Crippen molar-refractivity contribution in [1.82, 2.24) is 9.97 Å². The van der Waals surface area contributed by atoms with Crippen LogP contribution in [0.15, 0.2) is 24.3 Å². The maximum absolute atomic E-state index is 12.7. The molecule has 0 fully saturated rings. The minimum Gasteiger partial charge on any atom is -0.298 e. The first-order chi connectivity index (χ1) is 10.3. The summed E-state index contributed by atoms with van der Waals surface area (Å²) in [5, 5.41) is 0.864. The lowest BCUT2D eigenvalue weighted by Gasteiger charge is -2.16. The van der Waals surface area contributed by atoms with Gasteiger partial charge in [-0.2, -0.15) is 0 Å². The summed E-state index contributed by atoms with van der Waals surface area (Å²) in [6, 6.07) is 7.43. The van der Waals surface area contributed by atoms with Crippen LogP contribution < -0.4 is 0 Å². The molecule has 0 amide bonds. The number of aryl methyl sites for hydroxylation is 2. The van der Waals surface area contributed by atoms with E-state index in [1.807, 2.05) is 52.0 Å². The van der Waals surface area contributed by atoms with E-state index >= 15 is 0 Å². The minimum atomic E-state index is -0.352. The van der Waals surface area contributed by atoms with Gasteiger partial charge >= 0.3 is 0 Å². The van der Waals surface area contributed by atoms with Crippen molar-refractivity contribution in [3.05, 3.63) is 57.1 Å². The Morgan fingerprint density at radius 3 is 1.55 bits per heavy atom. The largest absolute Gasteiger partial charge is 0.298 e. The number of aromatic nitrogens is 2. The van der Waals surface area contributed by atoms with Crippen LogP contribution in [0.25, 0.3) is 0 Å². The molecule has 22 heavy (non-hydrogen) atoms. The molecule has 0 saturated heterocycles. The Morgan fingerprint density at radius 1 is 0.864 bits per heavy atom. The molecule has 2 aromatic heterocycles. The molecular weight excluding hydrogens is 319 g/mol. The highest BCUT2D eigenvalue weighted by Crippen LogP contribution is 2.27. The van der Waals surface area contributed by atoms with E-state index in [0.717, 1.165) is 11.1 Å². The molecule has 2 rings (SSSR count). The van der Waals surface area contributed by atoms with Crippen molar-refractivity contribution >= 4 is 29.0 Å². The predicted molar refractivity (Wildman–Crippen MR) is 89.8 cm³/mol. The summed E-state index contributed by atoms with van der Waals surface area (Å²) in [6.07, 6.45) is 0. The third kappa shape index (κ3) is 3.47. The van der Waals surface area contributed by atoms with Crippen molar-refractivity contribution in [3.8, 4) is 0 Å². The van der Waals surface area contributed by atoms with E-state index in [1.54, 1.807) is 0 Å². The van der Waals surface area contributed by atoms with Gasteiger partial charge in [0.05, 0.1) is 23.2 Å². The average Bonchev–Trinajstić information content (AvgIpc) is 2.50. The lowest BCUT2D eigenvalue weighted by Crippen LogP contribution is -2.18. The summed E-state index contributed by atoms with van der Waals surface area (Å²) in [4.78, 5) is 21.3. The van der Waals surface area contributed by atoms with Crippen LogP contribution in [0.1, 0.15) is 48.2 Å². The van der Waals surface area contributed by atoms with Crippen LogP contribution in [0.4, 0.5) is 0 Å². The van der Waals surface area contributed by atoms with Gasteiger partial charge in [0.15, 0.2) is 0 Å². The Balaban J connectivity index is 2.25. The van der Waals surface area contributed by atoms with Crippen LogP contribution in [-0.4, -0.2) is 15.8 Å². The van der Waals surface area contributed by atoms with Gasteiger partial charge in [-0.1, -0.05) is 35.3 Å². The van der Waals surface area contributed by atoms with Crippen LogP contribution in [0.2, 0.25) is 10.3 Å². The number of hydrogen-bond acceptors (Lipinski definition) is 3. The molecule has 2 unspecified atom stereocenters. The number of carbonyl (C=O) groups is 1. The van der Waals surface area contributed by atoms with E-state index in [9.17, 15) is 4.79 Å². The summed E-state index contributed by atoms with van der Waals surface area (Å²) in [5.41, 5.74) is 3.13. The third-order valence-electron chi connectivity index (χ3n) is 3.85. The topological polar surface area (TPSA) is 42.9 Å². The summed E-state index contributed by atoms with van der Waals surface area (Å²) in [5.74, 6) is -0.662. The molecule has 2 atom stereocenters. The van der Waals surface area contributed by atoms with E-state index in [-0.39, 0.29) is 17.6 Å². The molecule has 2 heterocycles. The fourth-order valence-electron chi connectivity index (χ4n) is 2.18. The van der Waals surface area contributed by atoms with Crippen LogP contribution in [0.3, 0.4) is 0 Å². The number of pyridine rings is 2. The summed E-state index contributed by atoms with van der Waals surface area (Å²) < 4.78 is 0. The number of halogens is 2. The van der Waals surface area contributed by atoms with E-state index in [0.29, 0.717) is 21.7 Å². The van der Waals surface area contributed by atoms with Crippen LogP contribution in [-0.2, 0) is 4.79 Å². The second-order valence-electron chi connectivity index (χ2n) is 5.53. The summed E-state index contributed by atoms with van der Waals surface area (Å²) in [7, 11) is 0. The number of ketones is 1. The maximum Gasteiger partial charge on any atom is 0.150 e. The number of Topliss-reactive ketones (excluding diaryl/α,β-unsaturated/α-hetero) is 1. The molecule has 0 aliphatic heterocycles. The highest BCUT2D eigenvalue weighted by Gasteiger charge is 2.25. The average molecular weight is 337 g/mol. The zero-order valence-electron chi connectivity index (χ0n) is 13.0. The van der Waals surface area contributed by atoms with E-state index in [1.165, 1.54) is 0 Å². The fourth-order valence-corrected chi connectivity index (χ4v) is 2.51. The van der Waals surface area contributed by atoms with Gasteiger partial charge in [0.1, 0.15) is 16.1 Å². The van der Waals surface area contributed by atoms with Crippen molar-refractivity contribution in [3.63, 3.8) is 0 Å². The molecule has 0 aromatic carbocycles. The van der Waals surface area contributed by atoms with Gasteiger partial charge in [0.2, 0.25) is 0 Å². The van der Waals surface area contributed by atoms with Gasteiger partial charge in [-0.3, -0.25) is 4.79 Å². The first-order valence-electron chi connectivity index (χ1n) is 7.11. The smallest absolute Gasteiger partial charge is 0.150 e. The van der Waals surface area contributed by atoms with Gasteiger partial charge in [0.25, 0.3) is 0 Å². The number of nitrogens with zero attached hydrogens (tertiary/aromatic N) is 2. The number of hydrogen-bond donors (Lipinski definition) is 0. The maximum atomic E-state index is 12.7. The van der Waals surface area contributed by atoms with Crippen LogP contribution >= 0.6 is 23.2 Å². The Morgan fingerprint density at radius 2 is 1.23 bits per heavy atom. The highest BCUT2D eigenvalue weighted by atomic mass is 35.5. The second-order valence-corrected chi connectivity index (χ2v) is 6.25. The van der Waals surface area contributed by atoms with Crippen LogP contribution in [0.5, 0.6) is 0 Å². The summed E-state index contributed by atoms with van der Waals surface area (Å²) >= 11 is 12.1. The molecule has 3 nitrogen and oxygen atoms in total. The second kappa shape index (κ2) is 6.76. The van der Waals surface area contributed by atoms with E-state index in [4.69, 9.17) is 23.2 Å². The third-order valence-corrected chi connectivity index (χ3v) is 4.62. The quantitative estimate of drug-likeness (QED) is 0.747. The SMILES string of the molecule is Cc1ccc(C(C)C(=O)C(C)c2ccc(C)c(Cl)n2)nc1Cl. The number of carbonyl (C=O) groups excluding carboxylic acids is 1. The zero-order chi connectivity index (χ0) is 16.4. The Bertz CT molecular complexity index is 656. The fraction of sp³-hybridized carbons (Fsp3) is 0.353. The molecule has 2 aromatic rings. The lowest BCUT2D eigenvalue weighted by molar-refractivity contribution is -0.121.